The number of carbonyl (C=O) groups excluding carboxylic acids is 1. The van der Waals surface area contributed by atoms with Crippen LogP contribution in [0.2, 0.25) is 5.02 Å². The maximum atomic E-state index is 12.9. The molecule has 8 heteroatoms. The molecule has 152 valence electrons. The first-order valence-corrected chi connectivity index (χ1v) is 11.1. The molecule has 1 N–H and O–H groups in total. The molecule has 1 amide bonds. The summed E-state index contributed by atoms with van der Waals surface area (Å²) in [4.78, 5) is 12.9. The Kier molecular flexibility index (Phi) is 7.32. The van der Waals surface area contributed by atoms with Gasteiger partial charge in [0.25, 0.3) is 0 Å². The van der Waals surface area contributed by atoms with Crippen LogP contribution in [0.3, 0.4) is 0 Å². The van der Waals surface area contributed by atoms with Gasteiger partial charge in [0.1, 0.15) is 11.8 Å². The van der Waals surface area contributed by atoms with Gasteiger partial charge in [-0.2, -0.15) is 0 Å². The molecule has 0 aromatic heterocycles. The molecular formula is C20H25ClN2O4S. The van der Waals surface area contributed by atoms with Crippen LogP contribution < -0.4 is 14.4 Å². The lowest BCUT2D eigenvalue weighted by atomic mass is 10.0. The molecule has 2 aromatic rings. The molecular weight excluding hydrogens is 400 g/mol. The Morgan fingerprint density at radius 3 is 2.36 bits per heavy atom. The quantitative estimate of drug-likeness (QED) is 0.699. The minimum Gasteiger partial charge on any atom is -0.497 e. The van der Waals surface area contributed by atoms with E-state index < -0.39 is 22.0 Å². The maximum Gasteiger partial charge on any atom is 0.244 e. The van der Waals surface area contributed by atoms with Crippen molar-refractivity contribution in [1.82, 2.24) is 5.32 Å². The second kappa shape index (κ2) is 9.30. The third-order valence-corrected chi connectivity index (χ3v) is 5.87. The lowest BCUT2D eigenvalue weighted by molar-refractivity contribution is -0.122. The Bertz CT molecular complexity index is 916. The zero-order valence-corrected chi connectivity index (χ0v) is 17.9. The van der Waals surface area contributed by atoms with Crippen molar-refractivity contribution in [2.45, 2.75) is 32.4 Å². The molecule has 0 aliphatic heterocycles. The summed E-state index contributed by atoms with van der Waals surface area (Å²) in [5.74, 6) is 0.329. The van der Waals surface area contributed by atoms with Crippen LogP contribution in [-0.4, -0.2) is 33.7 Å². The number of nitrogens with one attached hydrogen (secondary N) is 1. The fourth-order valence-corrected chi connectivity index (χ4v) is 4.32. The van der Waals surface area contributed by atoms with Gasteiger partial charge in [-0.25, -0.2) is 8.42 Å². The van der Waals surface area contributed by atoms with Crippen LogP contribution in [0.15, 0.2) is 48.5 Å². The van der Waals surface area contributed by atoms with Crippen LogP contribution in [0.1, 0.15) is 31.9 Å². The van der Waals surface area contributed by atoms with E-state index in [4.69, 9.17) is 16.3 Å². The van der Waals surface area contributed by atoms with Gasteiger partial charge >= 0.3 is 0 Å². The van der Waals surface area contributed by atoms with Crippen molar-refractivity contribution in [3.8, 4) is 5.75 Å². The van der Waals surface area contributed by atoms with Crippen LogP contribution in [-0.2, 0) is 14.8 Å². The molecule has 0 bridgehead atoms. The molecule has 0 heterocycles. The Hall–Kier alpha value is -2.25. The Morgan fingerprint density at radius 2 is 1.86 bits per heavy atom. The molecule has 2 atom stereocenters. The number of amides is 1. The van der Waals surface area contributed by atoms with E-state index in [1.165, 1.54) is 6.07 Å². The molecule has 0 spiro atoms. The van der Waals surface area contributed by atoms with Gasteiger partial charge in [0.2, 0.25) is 15.9 Å². The number of hydrogen-bond acceptors (Lipinski definition) is 4. The largest absolute Gasteiger partial charge is 0.497 e. The van der Waals surface area contributed by atoms with Gasteiger partial charge in [0, 0.05) is 5.02 Å². The monoisotopic (exact) mass is 424 g/mol. The van der Waals surface area contributed by atoms with E-state index in [0.29, 0.717) is 17.1 Å². The van der Waals surface area contributed by atoms with Gasteiger partial charge in [-0.15, -0.1) is 0 Å². The van der Waals surface area contributed by atoms with E-state index in [9.17, 15) is 13.2 Å². The van der Waals surface area contributed by atoms with Gasteiger partial charge in [-0.3, -0.25) is 9.10 Å². The number of rotatable bonds is 8. The number of anilines is 1. The van der Waals surface area contributed by atoms with E-state index in [1.54, 1.807) is 32.2 Å². The summed E-state index contributed by atoms with van der Waals surface area (Å²) in [6.45, 7) is 3.50. The second-order valence-corrected chi connectivity index (χ2v) is 8.75. The van der Waals surface area contributed by atoms with Crippen LogP contribution in [0.25, 0.3) is 0 Å². The van der Waals surface area contributed by atoms with E-state index in [-0.39, 0.29) is 6.04 Å². The molecule has 6 nitrogen and oxygen atoms in total. The first-order chi connectivity index (χ1) is 13.2. The molecule has 28 heavy (non-hydrogen) atoms. The summed E-state index contributed by atoms with van der Waals surface area (Å²) < 4.78 is 31.0. The number of sulfonamides is 1. The topological polar surface area (TPSA) is 75.7 Å². The summed E-state index contributed by atoms with van der Waals surface area (Å²) in [6, 6.07) is 12.6. The van der Waals surface area contributed by atoms with E-state index in [2.05, 4.69) is 5.32 Å². The number of ether oxygens (including phenoxy) is 1. The van der Waals surface area contributed by atoms with Crippen molar-refractivity contribution in [2.24, 2.45) is 0 Å². The van der Waals surface area contributed by atoms with Crippen molar-refractivity contribution < 1.29 is 17.9 Å². The van der Waals surface area contributed by atoms with Gasteiger partial charge in [0.15, 0.2) is 0 Å². The Balaban J connectivity index is 2.26. The van der Waals surface area contributed by atoms with Crippen molar-refractivity contribution in [3.63, 3.8) is 0 Å². The SMILES string of the molecule is CCC(NC(=O)C(C)N(c1cccc(Cl)c1)S(C)(=O)=O)c1ccc(OC)cc1. The number of hydrogen-bond donors (Lipinski definition) is 1. The zero-order chi connectivity index (χ0) is 20.9. The second-order valence-electron chi connectivity index (χ2n) is 6.46. The van der Waals surface area contributed by atoms with Crippen LogP contribution in [0.5, 0.6) is 5.75 Å². The van der Waals surface area contributed by atoms with Gasteiger partial charge in [-0.1, -0.05) is 36.7 Å². The van der Waals surface area contributed by atoms with Gasteiger partial charge < -0.3 is 10.1 Å². The number of carbonyl (C=O) groups is 1. The summed E-state index contributed by atoms with van der Waals surface area (Å²) in [6.07, 6.45) is 1.72. The van der Waals surface area contributed by atoms with E-state index in [0.717, 1.165) is 21.9 Å². The highest BCUT2D eigenvalue weighted by atomic mass is 35.5. The Labute approximate surface area is 171 Å². The van der Waals surface area contributed by atoms with Gasteiger partial charge in [0.05, 0.1) is 25.1 Å². The predicted molar refractivity (Wildman–Crippen MR) is 112 cm³/mol. The average molecular weight is 425 g/mol. The maximum absolute atomic E-state index is 12.9. The Morgan fingerprint density at radius 1 is 1.21 bits per heavy atom. The smallest absolute Gasteiger partial charge is 0.244 e. The van der Waals surface area contributed by atoms with Crippen LogP contribution >= 0.6 is 11.6 Å². The minimum absolute atomic E-state index is 0.248. The van der Waals surface area contributed by atoms with Crippen molar-refractivity contribution in [1.29, 1.82) is 0 Å². The van der Waals surface area contributed by atoms with Crippen molar-refractivity contribution >= 4 is 33.2 Å². The predicted octanol–water partition coefficient (Wildman–Crippen LogP) is 3.77. The highest BCUT2D eigenvalue weighted by Gasteiger charge is 2.30. The first-order valence-electron chi connectivity index (χ1n) is 8.86. The standard InChI is InChI=1S/C20H25ClN2O4S/c1-5-19(15-9-11-18(27-3)12-10-15)22-20(24)14(2)23(28(4,25)26)17-8-6-7-16(21)13-17/h6-14,19H,5H2,1-4H3,(H,22,24). The summed E-state index contributed by atoms with van der Waals surface area (Å²) in [7, 11) is -2.11. The average Bonchev–Trinajstić information content (AvgIpc) is 2.65. The molecule has 0 fully saturated rings. The molecule has 0 saturated heterocycles. The number of nitrogens with zero attached hydrogens (tertiary/aromatic N) is 1. The molecule has 0 aliphatic carbocycles. The first kappa shape index (κ1) is 22.0. The number of halogens is 1. The van der Waals surface area contributed by atoms with Crippen LogP contribution in [0, 0.1) is 0 Å². The molecule has 2 aromatic carbocycles. The molecule has 2 unspecified atom stereocenters. The highest BCUT2D eigenvalue weighted by Crippen LogP contribution is 2.25. The lowest BCUT2D eigenvalue weighted by Crippen LogP contribution is -2.48. The summed E-state index contributed by atoms with van der Waals surface area (Å²) >= 11 is 6.00. The minimum atomic E-state index is -3.70. The molecule has 0 aliphatic rings. The third kappa shape index (κ3) is 5.39. The zero-order valence-electron chi connectivity index (χ0n) is 16.3. The summed E-state index contributed by atoms with van der Waals surface area (Å²) in [5.41, 5.74) is 1.26. The van der Waals surface area contributed by atoms with Crippen molar-refractivity contribution in [3.05, 3.63) is 59.1 Å². The van der Waals surface area contributed by atoms with Crippen LogP contribution in [0.4, 0.5) is 5.69 Å². The number of methoxy groups -OCH3 is 1. The fourth-order valence-electron chi connectivity index (χ4n) is 2.97. The lowest BCUT2D eigenvalue weighted by Gasteiger charge is -2.30. The normalized spacial score (nSPS) is 13.5. The molecule has 2 rings (SSSR count). The molecule has 0 saturated carbocycles. The summed E-state index contributed by atoms with van der Waals surface area (Å²) in [5, 5.41) is 3.33. The third-order valence-electron chi connectivity index (χ3n) is 4.39. The van der Waals surface area contributed by atoms with Crippen molar-refractivity contribution in [2.75, 3.05) is 17.7 Å². The highest BCUT2D eigenvalue weighted by molar-refractivity contribution is 7.92. The van der Waals surface area contributed by atoms with E-state index >= 15 is 0 Å². The van der Waals surface area contributed by atoms with Gasteiger partial charge in [-0.05, 0) is 49.2 Å². The molecule has 0 radical (unpaired) electrons. The number of benzene rings is 2. The van der Waals surface area contributed by atoms with E-state index in [1.807, 2.05) is 31.2 Å². The fraction of sp³-hybridized carbons (Fsp3) is 0.350.